The lowest BCUT2D eigenvalue weighted by Gasteiger charge is -2.10. The maximum absolute atomic E-state index is 6.12. The molecule has 0 aliphatic rings. The minimum Gasteiger partial charge on any atom is -0.398 e. The molecule has 2 nitrogen and oxygen atoms in total. The highest BCUT2D eigenvalue weighted by atomic mass is 14.6. The third-order valence-electron chi connectivity index (χ3n) is 2.72. The standard InChI is InChI=1S/C13H16N2/c1-2-5-9-8-12(14)10-6-3-4-7-11(10)13(9)15/h3-4,6-8H,2,5,14-15H2,1H3. The van der Waals surface area contributed by atoms with Crippen LogP contribution in [0.2, 0.25) is 0 Å². The molecule has 0 aliphatic heterocycles. The summed E-state index contributed by atoms with van der Waals surface area (Å²) in [6.07, 6.45) is 2.07. The number of nitrogen functional groups attached to an aromatic ring is 2. The van der Waals surface area contributed by atoms with E-state index in [0.717, 1.165) is 40.6 Å². The summed E-state index contributed by atoms with van der Waals surface area (Å²) in [6, 6.07) is 10.0. The summed E-state index contributed by atoms with van der Waals surface area (Å²) < 4.78 is 0. The van der Waals surface area contributed by atoms with Crippen molar-refractivity contribution in [3.63, 3.8) is 0 Å². The van der Waals surface area contributed by atoms with Crippen molar-refractivity contribution >= 4 is 22.1 Å². The Bertz CT molecular complexity index is 489. The fraction of sp³-hybridized carbons (Fsp3) is 0.231. The Kier molecular flexibility index (Phi) is 2.50. The Balaban J connectivity index is 2.72. The lowest BCUT2D eigenvalue weighted by molar-refractivity contribution is 0.926. The molecule has 0 aliphatic carbocycles. The van der Waals surface area contributed by atoms with E-state index < -0.39 is 0 Å². The number of anilines is 2. The third kappa shape index (κ3) is 1.63. The van der Waals surface area contributed by atoms with Crippen molar-refractivity contribution < 1.29 is 0 Å². The molecule has 0 heterocycles. The van der Waals surface area contributed by atoms with Crippen LogP contribution in [0.1, 0.15) is 18.9 Å². The molecule has 0 amide bonds. The first kappa shape index (κ1) is 9.84. The maximum atomic E-state index is 6.12. The average Bonchev–Trinajstić information content (AvgIpc) is 2.26. The van der Waals surface area contributed by atoms with Crippen molar-refractivity contribution in [2.24, 2.45) is 0 Å². The third-order valence-corrected chi connectivity index (χ3v) is 2.72. The van der Waals surface area contributed by atoms with E-state index >= 15 is 0 Å². The molecule has 78 valence electrons. The molecule has 2 aromatic rings. The van der Waals surface area contributed by atoms with Crippen LogP contribution in [0, 0.1) is 0 Å². The molecule has 15 heavy (non-hydrogen) atoms. The fourth-order valence-electron chi connectivity index (χ4n) is 1.96. The van der Waals surface area contributed by atoms with Crippen LogP contribution in [0.15, 0.2) is 30.3 Å². The molecule has 2 aromatic carbocycles. The Morgan fingerprint density at radius 1 is 1.07 bits per heavy atom. The van der Waals surface area contributed by atoms with Gasteiger partial charge in [-0.2, -0.15) is 0 Å². The molecule has 0 fully saturated rings. The zero-order valence-corrected chi connectivity index (χ0v) is 8.96. The molecular weight excluding hydrogens is 184 g/mol. The van der Waals surface area contributed by atoms with E-state index in [9.17, 15) is 0 Å². The minimum atomic E-state index is 0.822. The molecule has 0 aromatic heterocycles. The normalized spacial score (nSPS) is 10.7. The van der Waals surface area contributed by atoms with Crippen molar-refractivity contribution in [3.8, 4) is 0 Å². The van der Waals surface area contributed by atoms with E-state index in [1.165, 1.54) is 0 Å². The monoisotopic (exact) mass is 200 g/mol. The van der Waals surface area contributed by atoms with Crippen LogP contribution in [0.25, 0.3) is 10.8 Å². The number of fused-ring (bicyclic) bond motifs is 1. The molecule has 0 radical (unpaired) electrons. The molecule has 4 N–H and O–H groups in total. The van der Waals surface area contributed by atoms with E-state index in [1.807, 2.05) is 30.3 Å². The second-order valence-corrected chi connectivity index (χ2v) is 3.83. The van der Waals surface area contributed by atoms with E-state index in [4.69, 9.17) is 11.5 Å². The molecule has 0 atom stereocenters. The number of rotatable bonds is 2. The Morgan fingerprint density at radius 2 is 1.73 bits per heavy atom. The molecule has 0 saturated carbocycles. The quantitative estimate of drug-likeness (QED) is 0.732. The second kappa shape index (κ2) is 3.81. The summed E-state index contributed by atoms with van der Waals surface area (Å²) in [5, 5.41) is 2.12. The summed E-state index contributed by atoms with van der Waals surface area (Å²) >= 11 is 0. The summed E-state index contributed by atoms with van der Waals surface area (Å²) in [6.45, 7) is 2.14. The van der Waals surface area contributed by atoms with Crippen LogP contribution >= 0.6 is 0 Å². The van der Waals surface area contributed by atoms with Gasteiger partial charge in [-0.3, -0.25) is 0 Å². The number of benzene rings is 2. The van der Waals surface area contributed by atoms with E-state index in [0.29, 0.717) is 0 Å². The van der Waals surface area contributed by atoms with Gasteiger partial charge in [-0.05, 0) is 18.1 Å². The van der Waals surface area contributed by atoms with Crippen molar-refractivity contribution in [2.75, 3.05) is 11.5 Å². The predicted octanol–water partition coefficient (Wildman–Crippen LogP) is 2.96. The second-order valence-electron chi connectivity index (χ2n) is 3.83. The summed E-state index contributed by atoms with van der Waals surface area (Å²) in [7, 11) is 0. The molecule has 2 rings (SSSR count). The fourth-order valence-corrected chi connectivity index (χ4v) is 1.96. The summed E-state index contributed by atoms with van der Waals surface area (Å²) in [4.78, 5) is 0. The van der Waals surface area contributed by atoms with Gasteiger partial charge in [-0.1, -0.05) is 37.6 Å². The van der Waals surface area contributed by atoms with Crippen molar-refractivity contribution in [2.45, 2.75) is 19.8 Å². The van der Waals surface area contributed by atoms with Gasteiger partial charge in [0.1, 0.15) is 0 Å². The zero-order chi connectivity index (χ0) is 10.8. The smallest absolute Gasteiger partial charge is 0.0427 e. The summed E-state index contributed by atoms with van der Waals surface area (Å²) in [5.41, 5.74) is 15.0. The maximum Gasteiger partial charge on any atom is 0.0427 e. The Labute approximate surface area is 89.9 Å². The first-order chi connectivity index (χ1) is 7.24. The van der Waals surface area contributed by atoms with Gasteiger partial charge < -0.3 is 11.5 Å². The van der Waals surface area contributed by atoms with Gasteiger partial charge in [0.25, 0.3) is 0 Å². The van der Waals surface area contributed by atoms with Gasteiger partial charge in [0.15, 0.2) is 0 Å². The van der Waals surface area contributed by atoms with E-state index in [-0.39, 0.29) is 0 Å². The van der Waals surface area contributed by atoms with Crippen molar-refractivity contribution in [1.82, 2.24) is 0 Å². The van der Waals surface area contributed by atoms with Gasteiger partial charge in [-0.15, -0.1) is 0 Å². The predicted molar refractivity (Wildman–Crippen MR) is 66.8 cm³/mol. The largest absolute Gasteiger partial charge is 0.398 e. The number of nitrogens with two attached hydrogens (primary N) is 2. The molecule has 0 saturated heterocycles. The van der Waals surface area contributed by atoms with Gasteiger partial charge in [0.05, 0.1) is 0 Å². The summed E-state index contributed by atoms with van der Waals surface area (Å²) in [5.74, 6) is 0. The highest BCUT2D eigenvalue weighted by Gasteiger charge is 2.06. The van der Waals surface area contributed by atoms with Crippen molar-refractivity contribution in [3.05, 3.63) is 35.9 Å². The van der Waals surface area contributed by atoms with Crippen LogP contribution in [-0.4, -0.2) is 0 Å². The lowest BCUT2D eigenvalue weighted by Crippen LogP contribution is -1.98. The van der Waals surface area contributed by atoms with Gasteiger partial charge in [-0.25, -0.2) is 0 Å². The first-order valence-corrected chi connectivity index (χ1v) is 5.29. The van der Waals surface area contributed by atoms with Crippen LogP contribution < -0.4 is 11.5 Å². The minimum absolute atomic E-state index is 0.822. The molecule has 0 spiro atoms. The lowest BCUT2D eigenvalue weighted by atomic mass is 10.00. The highest BCUT2D eigenvalue weighted by Crippen LogP contribution is 2.30. The first-order valence-electron chi connectivity index (χ1n) is 5.29. The average molecular weight is 200 g/mol. The van der Waals surface area contributed by atoms with Gasteiger partial charge >= 0.3 is 0 Å². The van der Waals surface area contributed by atoms with Crippen LogP contribution in [0.5, 0.6) is 0 Å². The number of hydrogen-bond acceptors (Lipinski definition) is 2. The SMILES string of the molecule is CCCc1cc(N)c2ccccc2c1N. The molecule has 0 bridgehead atoms. The number of aryl methyl sites for hydroxylation is 1. The zero-order valence-electron chi connectivity index (χ0n) is 8.96. The number of hydrogen-bond donors (Lipinski definition) is 2. The van der Waals surface area contributed by atoms with E-state index in [2.05, 4.69) is 6.92 Å². The van der Waals surface area contributed by atoms with Gasteiger partial charge in [0.2, 0.25) is 0 Å². The van der Waals surface area contributed by atoms with Crippen LogP contribution in [0.3, 0.4) is 0 Å². The van der Waals surface area contributed by atoms with Crippen LogP contribution in [-0.2, 0) is 6.42 Å². The van der Waals surface area contributed by atoms with Crippen LogP contribution in [0.4, 0.5) is 11.4 Å². The van der Waals surface area contributed by atoms with E-state index in [1.54, 1.807) is 0 Å². The topological polar surface area (TPSA) is 52.0 Å². The Morgan fingerprint density at radius 3 is 2.40 bits per heavy atom. The molecular formula is C13H16N2. The molecule has 0 unspecified atom stereocenters. The van der Waals surface area contributed by atoms with Crippen molar-refractivity contribution in [1.29, 1.82) is 0 Å². The highest BCUT2D eigenvalue weighted by molar-refractivity contribution is 6.01. The van der Waals surface area contributed by atoms with Gasteiger partial charge in [0, 0.05) is 22.1 Å². The Hall–Kier alpha value is -1.70. The molecule has 2 heteroatoms.